The molecule has 7 heteroatoms. The zero-order chi connectivity index (χ0) is 11.6. The average molecular weight is 224 g/mol. The fraction of sp³-hybridized carbons (Fsp3) is 1.00. The lowest BCUT2D eigenvalue weighted by Crippen LogP contribution is -2.56. The lowest BCUT2D eigenvalue weighted by molar-refractivity contribution is -0.370. The van der Waals surface area contributed by atoms with Gasteiger partial charge in [0.2, 0.25) is 0 Å². The second kappa shape index (κ2) is 3.96. The first-order valence-electron chi connectivity index (χ1n) is 3.92. The van der Waals surface area contributed by atoms with Crippen LogP contribution >= 0.6 is 0 Å². The van der Waals surface area contributed by atoms with Gasteiger partial charge < -0.3 is 5.11 Å². The molecule has 0 aliphatic heterocycles. The van der Waals surface area contributed by atoms with E-state index in [2.05, 4.69) is 0 Å². The van der Waals surface area contributed by atoms with E-state index in [1.807, 2.05) is 0 Å². The van der Waals surface area contributed by atoms with Crippen molar-refractivity contribution in [2.75, 3.05) is 0 Å². The van der Waals surface area contributed by atoms with Gasteiger partial charge in [0.25, 0.3) is 5.60 Å². The number of rotatable bonds is 3. The van der Waals surface area contributed by atoms with E-state index in [-0.39, 0.29) is 12.8 Å². The van der Waals surface area contributed by atoms with E-state index in [1.54, 1.807) is 0 Å². The molecule has 86 valence electrons. The maximum absolute atomic E-state index is 12.0. The number of alkyl halides is 6. The van der Waals surface area contributed by atoms with E-state index >= 15 is 0 Å². The monoisotopic (exact) mass is 224 g/mol. The molecule has 0 heterocycles. The van der Waals surface area contributed by atoms with E-state index in [0.29, 0.717) is 0 Å². The minimum Gasteiger partial charge on any atom is -0.374 e. The van der Waals surface area contributed by atoms with E-state index in [0.717, 1.165) is 0 Å². The Hall–Kier alpha value is -0.460. The predicted molar refractivity (Wildman–Crippen MR) is 36.6 cm³/mol. The van der Waals surface area contributed by atoms with Crippen LogP contribution in [0.1, 0.15) is 26.2 Å². The fourth-order valence-corrected chi connectivity index (χ4v) is 0.877. The van der Waals surface area contributed by atoms with Crippen molar-refractivity contribution >= 4 is 0 Å². The van der Waals surface area contributed by atoms with Crippen LogP contribution in [0.3, 0.4) is 0 Å². The van der Waals surface area contributed by atoms with Crippen LogP contribution in [0.2, 0.25) is 0 Å². The minimum atomic E-state index is -5.68. The molecule has 0 aromatic carbocycles. The van der Waals surface area contributed by atoms with Crippen LogP contribution in [-0.4, -0.2) is 23.1 Å². The van der Waals surface area contributed by atoms with Gasteiger partial charge in [-0.3, -0.25) is 0 Å². The summed E-state index contributed by atoms with van der Waals surface area (Å²) in [7, 11) is 0. The lowest BCUT2D eigenvalue weighted by atomic mass is 9.95. The van der Waals surface area contributed by atoms with Gasteiger partial charge in [-0.15, -0.1) is 0 Å². The molecule has 0 atom stereocenters. The molecular weight excluding hydrogens is 214 g/mol. The van der Waals surface area contributed by atoms with Gasteiger partial charge in [-0.25, -0.2) is 0 Å². The SMILES string of the molecule is CCCCC(O)(C(F)(F)F)C(F)(F)F. The summed E-state index contributed by atoms with van der Waals surface area (Å²) in [5, 5.41) is 8.57. The van der Waals surface area contributed by atoms with Crippen molar-refractivity contribution in [3.05, 3.63) is 0 Å². The van der Waals surface area contributed by atoms with Gasteiger partial charge in [0.15, 0.2) is 0 Å². The highest BCUT2D eigenvalue weighted by atomic mass is 19.4. The molecule has 1 nitrogen and oxygen atoms in total. The molecule has 0 unspecified atom stereocenters. The van der Waals surface area contributed by atoms with Crippen molar-refractivity contribution in [2.24, 2.45) is 0 Å². The third-order valence-corrected chi connectivity index (χ3v) is 1.83. The number of halogens is 6. The first-order chi connectivity index (χ1) is 6.06. The van der Waals surface area contributed by atoms with Gasteiger partial charge >= 0.3 is 12.4 Å². The Balaban J connectivity index is 4.87. The largest absolute Gasteiger partial charge is 0.426 e. The molecule has 0 aliphatic rings. The highest BCUT2D eigenvalue weighted by Gasteiger charge is 2.69. The van der Waals surface area contributed by atoms with Gasteiger partial charge in [-0.1, -0.05) is 19.8 Å². The van der Waals surface area contributed by atoms with Crippen LogP contribution in [0.4, 0.5) is 26.3 Å². The van der Waals surface area contributed by atoms with E-state index in [9.17, 15) is 26.3 Å². The van der Waals surface area contributed by atoms with Crippen molar-refractivity contribution < 1.29 is 31.4 Å². The van der Waals surface area contributed by atoms with Gasteiger partial charge in [0, 0.05) is 0 Å². The van der Waals surface area contributed by atoms with Crippen LogP contribution in [0.15, 0.2) is 0 Å². The van der Waals surface area contributed by atoms with Crippen LogP contribution in [0.5, 0.6) is 0 Å². The normalized spacial score (nSPS) is 14.6. The molecule has 0 aromatic heterocycles. The summed E-state index contributed by atoms with van der Waals surface area (Å²) in [6.45, 7) is 1.44. The Morgan fingerprint density at radius 1 is 0.929 bits per heavy atom. The van der Waals surface area contributed by atoms with E-state index in [1.165, 1.54) is 6.92 Å². The second-order valence-corrected chi connectivity index (χ2v) is 2.96. The van der Waals surface area contributed by atoms with Crippen LogP contribution in [0.25, 0.3) is 0 Å². The molecule has 0 aromatic rings. The second-order valence-electron chi connectivity index (χ2n) is 2.96. The molecule has 0 radical (unpaired) electrons. The Morgan fingerprint density at radius 3 is 1.50 bits per heavy atom. The molecule has 1 N–H and O–H groups in total. The molecule has 0 saturated heterocycles. The van der Waals surface area contributed by atoms with Gasteiger partial charge in [0.05, 0.1) is 0 Å². The third-order valence-electron chi connectivity index (χ3n) is 1.83. The van der Waals surface area contributed by atoms with Crippen LogP contribution < -0.4 is 0 Å². The summed E-state index contributed by atoms with van der Waals surface area (Å²) < 4.78 is 71.7. The number of hydrogen-bond acceptors (Lipinski definition) is 1. The molecule has 0 saturated carbocycles. The third kappa shape index (κ3) is 2.52. The highest BCUT2D eigenvalue weighted by molar-refractivity contribution is 4.93. The highest BCUT2D eigenvalue weighted by Crippen LogP contribution is 2.45. The standard InChI is InChI=1S/C7H10F6O/c1-2-3-4-5(14,6(8,9)10)7(11,12)13/h14H,2-4H2,1H3. The number of hydrogen-bond donors (Lipinski definition) is 1. The predicted octanol–water partition coefficient (Wildman–Crippen LogP) is 3.03. The van der Waals surface area contributed by atoms with E-state index in [4.69, 9.17) is 5.11 Å². The van der Waals surface area contributed by atoms with Gasteiger partial charge in [-0.05, 0) is 6.42 Å². The van der Waals surface area contributed by atoms with Crippen molar-refractivity contribution in [2.45, 2.75) is 44.1 Å². The van der Waals surface area contributed by atoms with Crippen molar-refractivity contribution in [3.63, 3.8) is 0 Å². The summed E-state index contributed by atoms with van der Waals surface area (Å²) in [5.74, 6) is 0. The Kier molecular flexibility index (Phi) is 3.83. The van der Waals surface area contributed by atoms with Crippen molar-refractivity contribution in [1.82, 2.24) is 0 Å². The summed E-state index contributed by atoms with van der Waals surface area (Å²) in [6, 6.07) is 0. The minimum absolute atomic E-state index is 0.147. The number of unbranched alkanes of at least 4 members (excludes halogenated alkanes) is 1. The first kappa shape index (κ1) is 13.5. The van der Waals surface area contributed by atoms with Crippen LogP contribution in [0, 0.1) is 0 Å². The quantitative estimate of drug-likeness (QED) is 0.730. The zero-order valence-electron chi connectivity index (χ0n) is 7.34. The smallest absolute Gasteiger partial charge is 0.374 e. The fourth-order valence-electron chi connectivity index (χ4n) is 0.877. The van der Waals surface area contributed by atoms with Crippen molar-refractivity contribution in [3.8, 4) is 0 Å². The average Bonchev–Trinajstić information content (AvgIpc) is 1.95. The first-order valence-corrected chi connectivity index (χ1v) is 3.92. The Morgan fingerprint density at radius 2 is 1.29 bits per heavy atom. The molecule has 0 bridgehead atoms. The van der Waals surface area contributed by atoms with E-state index < -0.39 is 24.4 Å². The van der Waals surface area contributed by atoms with Crippen LogP contribution in [-0.2, 0) is 0 Å². The molecular formula is C7H10F6O. The Labute approximate surface area is 76.7 Å². The lowest BCUT2D eigenvalue weighted by Gasteiger charge is -2.32. The maximum Gasteiger partial charge on any atom is 0.426 e. The molecule has 14 heavy (non-hydrogen) atoms. The topological polar surface area (TPSA) is 20.2 Å². The molecule has 0 amide bonds. The number of aliphatic hydroxyl groups is 1. The molecule has 0 aliphatic carbocycles. The summed E-state index contributed by atoms with van der Waals surface area (Å²) in [6.07, 6.45) is -12.9. The molecule has 0 rings (SSSR count). The maximum atomic E-state index is 12.0. The van der Waals surface area contributed by atoms with Crippen molar-refractivity contribution in [1.29, 1.82) is 0 Å². The summed E-state index contributed by atoms with van der Waals surface area (Å²) in [5.41, 5.74) is -4.57. The molecule has 0 spiro atoms. The Bertz CT molecular complexity index is 168. The molecule has 0 fully saturated rings. The van der Waals surface area contributed by atoms with Gasteiger partial charge in [-0.2, -0.15) is 26.3 Å². The van der Waals surface area contributed by atoms with Gasteiger partial charge in [0.1, 0.15) is 0 Å². The summed E-state index contributed by atoms with van der Waals surface area (Å²) in [4.78, 5) is 0. The zero-order valence-corrected chi connectivity index (χ0v) is 7.34. The summed E-state index contributed by atoms with van der Waals surface area (Å²) >= 11 is 0.